The third kappa shape index (κ3) is 2.11. The van der Waals surface area contributed by atoms with E-state index in [4.69, 9.17) is 0 Å². The molecule has 3 heteroatoms. The first-order chi connectivity index (χ1) is 4.79. The fraction of sp³-hybridized carbons (Fsp3) is 0.143. The van der Waals surface area contributed by atoms with Gasteiger partial charge in [-0.2, -0.15) is 0 Å². The Balaban J connectivity index is 2.64. The highest BCUT2D eigenvalue weighted by Crippen LogP contribution is 2.03. The molecule has 10 heavy (non-hydrogen) atoms. The number of carbonyl (C=O) groups excluding carboxylic acids is 1. The lowest BCUT2D eigenvalue weighted by Gasteiger charge is -1.78. The second-order valence-electron chi connectivity index (χ2n) is 1.90. The first-order valence-corrected chi connectivity index (χ1v) is 3.71. The average molecular weight is 153 g/mol. The molecule has 1 heterocycles. The van der Waals surface area contributed by atoms with E-state index in [0.717, 1.165) is 5.56 Å². The Hall–Kier alpha value is -0.960. The zero-order valence-corrected chi connectivity index (χ0v) is 6.39. The zero-order valence-electron chi connectivity index (χ0n) is 5.57. The molecule has 0 saturated carbocycles. The third-order valence-electron chi connectivity index (χ3n) is 0.962. The molecule has 0 aliphatic carbocycles. The summed E-state index contributed by atoms with van der Waals surface area (Å²) in [5.41, 5.74) is 0.986. The second kappa shape index (κ2) is 3.27. The summed E-state index contributed by atoms with van der Waals surface area (Å²) in [5.74, 6) is 0.0613. The first kappa shape index (κ1) is 7.15. The van der Waals surface area contributed by atoms with Gasteiger partial charge >= 0.3 is 0 Å². The number of aromatic nitrogens is 1. The Morgan fingerprint density at radius 3 is 3.10 bits per heavy atom. The van der Waals surface area contributed by atoms with Gasteiger partial charge in [0.25, 0.3) is 0 Å². The van der Waals surface area contributed by atoms with Gasteiger partial charge in [-0.3, -0.25) is 4.79 Å². The molecule has 0 aliphatic rings. The molecule has 52 valence electrons. The Morgan fingerprint density at radius 2 is 2.60 bits per heavy atom. The van der Waals surface area contributed by atoms with Gasteiger partial charge in [0.15, 0.2) is 5.78 Å². The maximum atomic E-state index is 10.4. The van der Waals surface area contributed by atoms with Crippen molar-refractivity contribution in [2.75, 3.05) is 0 Å². The van der Waals surface area contributed by atoms with Crippen molar-refractivity contribution >= 4 is 23.4 Å². The van der Waals surface area contributed by atoms with Crippen LogP contribution in [0.3, 0.4) is 0 Å². The predicted molar refractivity (Wildman–Crippen MR) is 41.8 cm³/mol. The van der Waals surface area contributed by atoms with Crippen molar-refractivity contribution in [3.8, 4) is 0 Å². The van der Waals surface area contributed by atoms with E-state index < -0.39 is 0 Å². The van der Waals surface area contributed by atoms with E-state index in [0.29, 0.717) is 0 Å². The third-order valence-corrected chi connectivity index (χ3v) is 1.57. The quantitative estimate of drug-likeness (QED) is 0.606. The SMILES string of the molecule is CC(=O)C=Cc1cnsc1. The standard InChI is InChI=1S/C7H7NOS/c1-6(9)2-3-7-4-8-10-5-7/h2-5H,1H3. The van der Waals surface area contributed by atoms with Crippen molar-refractivity contribution in [1.82, 2.24) is 4.37 Å². The summed E-state index contributed by atoms with van der Waals surface area (Å²) in [6.45, 7) is 1.52. The van der Waals surface area contributed by atoms with Gasteiger partial charge in [0.05, 0.1) is 0 Å². The minimum atomic E-state index is 0.0613. The van der Waals surface area contributed by atoms with Crippen molar-refractivity contribution < 1.29 is 4.79 Å². The van der Waals surface area contributed by atoms with Crippen LogP contribution in [0.5, 0.6) is 0 Å². The summed E-state index contributed by atoms with van der Waals surface area (Å²) in [4.78, 5) is 10.4. The molecule has 1 rings (SSSR count). The minimum Gasteiger partial charge on any atom is -0.295 e. The number of nitrogens with zero attached hydrogens (tertiary/aromatic N) is 1. The number of carbonyl (C=O) groups is 1. The van der Waals surface area contributed by atoms with E-state index in [1.54, 1.807) is 12.3 Å². The van der Waals surface area contributed by atoms with Gasteiger partial charge in [-0.1, -0.05) is 0 Å². The zero-order chi connectivity index (χ0) is 7.40. The van der Waals surface area contributed by atoms with Crippen LogP contribution in [-0.2, 0) is 4.79 Å². The fourth-order valence-corrected chi connectivity index (χ4v) is 1.01. The van der Waals surface area contributed by atoms with Crippen LogP contribution in [0.15, 0.2) is 17.7 Å². The van der Waals surface area contributed by atoms with Crippen molar-refractivity contribution in [1.29, 1.82) is 0 Å². The fourth-order valence-electron chi connectivity index (χ4n) is 0.509. The van der Waals surface area contributed by atoms with Crippen molar-refractivity contribution in [2.24, 2.45) is 0 Å². The molecular formula is C7H7NOS. The first-order valence-electron chi connectivity index (χ1n) is 2.87. The molecule has 0 amide bonds. The van der Waals surface area contributed by atoms with E-state index >= 15 is 0 Å². The molecule has 2 nitrogen and oxygen atoms in total. The molecule has 0 atom stereocenters. The highest BCUT2D eigenvalue weighted by molar-refractivity contribution is 7.03. The largest absolute Gasteiger partial charge is 0.295 e. The lowest BCUT2D eigenvalue weighted by atomic mass is 10.3. The average Bonchev–Trinajstić information content (AvgIpc) is 2.34. The van der Waals surface area contributed by atoms with E-state index in [-0.39, 0.29) is 5.78 Å². The summed E-state index contributed by atoms with van der Waals surface area (Å²) in [7, 11) is 0. The molecule has 0 fully saturated rings. The van der Waals surface area contributed by atoms with Crippen LogP contribution in [0.25, 0.3) is 6.08 Å². The minimum absolute atomic E-state index is 0.0613. The van der Waals surface area contributed by atoms with Gasteiger partial charge in [-0.15, -0.1) is 0 Å². The molecule has 0 N–H and O–H groups in total. The van der Waals surface area contributed by atoms with Crippen molar-refractivity contribution in [2.45, 2.75) is 6.92 Å². The number of rotatable bonds is 2. The second-order valence-corrected chi connectivity index (χ2v) is 2.56. The van der Waals surface area contributed by atoms with Crippen LogP contribution < -0.4 is 0 Å². The van der Waals surface area contributed by atoms with Gasteiger partial charge in [-0.05, 0) is 30.6 Å². The molecule has 1 aromatic rings. The molecule has 1 aromatic heterocycles. The number of allylic oxidation sites excluding steroid dienone is 1. The Bertz CT molecular complexity index is 238. The Kier molecular flexibility index (Phi) is 2.34. The molecule has 0 aromatic carbocycles. The van der Waals surface area contributed by atoms with Gasteiger partial charge in [0.1, 0.15) is 0 Å². The smallest absolute Gasteiger partial charge is 0.152 e. The Morgan fingerprint density at radius 1 is 1.80 bits per heavy atom. The summed E-state index contributed by atoms with van der Waals surface area (Å²) in [5, 5.41) is 1.89. The molecule has 0 aliphatic heterocycles. The number of hydrogen-bond acceptors (Lipinski definition) is 3. The van der Waals surface area contributed by atoms with Crippen LogP contribution in [0.4, 0.5) is 0 Å². The Labute approximate surface area is 63.4 Å². The maximum Gasteiger partial charge on any atom is 0.152 e. The number of ketones is 1. The molecular weight excluding hydrogens is 146 g/mol. The van der Waals surface area contributed by atoms with Gasteiger partial charge in [0.2, 0.25) is 0 Å². The summed E-state index contributed by atoms with van der Waals surface area (Å²) >= 11 is 1.38. The van der Waals surface area contributed by atoms with Crippen LogP contribution in [0.2, 0.25) is 0 Å². The monoisotopic (exact) mass is 153 g/mol. The topological polar surface area (TPSA) is 30.0 Å². The van der Waals surface area contributed by atoms with Gasteiger partial charge in [-0.25, -0.2) is 4.37 Å². The van der Waals surface area contributed by atoms with Crippen LogP contribution in [0, 0.1) is 0 Å². The lowest BCUT2D eigenvalue weighted by Crippen LogP contribution is -1.78. The van der Waals surface area contributed by atoms with Crippen molar-refractivity contribution in [3.05, 3.63) is 23.2 Å². The predicted octanol–water partition coefficient (Wildman–Crippen LogP) is 1.75. The summed E-state index contributed by atoms with van der Waals surface area (Å²) in [6.07, 6.45) is 5.01. The molecule has 0 unspecified atom stereocenters. The molecule has 0 radical (unpaired) electrons. The van der Waals surface area contributed by atoms with Crippen molar-refractivity contribution in [3.63, 3.8) is 0 Å². The molecule has 0 bridgehead atoms. The van der Waals surface area contributed by atoms with Crippen LogP contribution >= 0.6 is 11.5 Å². The van der Waals surface area contributed by atoms with Crippen LogP contribution in [0.1, 0.15) is 12.5 Å². The summed E-state index contributed by atoms with van der Waals surface area (Å²) < 4.78 is 3.88. The van der Waals surface area contributed by atoms with E-state index in [1.807, 2.05) is 5.38 Å². The molecule has 0 saturated heterocycles. The molecule has 0 spiro atoms. The van der Waals surface area contributed by atoms with E-state index in [1.165, 1.54) is 24.5 Å². The van der Waals surface area contributed by atoms with E-state index in [9.17, 15) is 4.79 Å². The van der Waals surface area contributed by atoms with Crippen LogP contribution in [-0.4, -0.2) is 10.2 Å². The normalized spacial score (nSPS) is 10.5. The maximum absolute atomic E-state index is 10.4. The summed E-state index contributed by atoms with van der Waals surface area (Å²) in [6, 6.07) is 0. The highest BCUT2D eigenvalue weighted by Gasteiger charge is 1.86. The van der Waals surface area contributed by atoms with E-state index in [2.05, 4.69) is 4.37 Å². The van der Waals surface area contributed by atoms with Gasteiger partial charge < -0.3 is 0 Å². The highest BCUT2D eigenvalue weighted by atomic mass is 32.1. The van der Waals surface area contributed by atoms with Gasteiger partial charge in [0, 0.05) is 17.1 Å². The number of hydrogen-bond donors (Lipinski definition) is 0. The lowest BCUT2D eigenvalue weighted by molar-refractivity contribution is -0.112.